The number of benzene rings is 1. The molecule has 3 rings (SSSR count). The van der Waals surface area contributed by atoms with Gasteiger partial charge in [0.1, 0.15) is 12.4 Å². The molecule has 0 aliphatic rings. The highest BCUT2D eigenvalue weighted by Crippen LogP contribution is 2.39. The summed E-state index contributed by atoms with van der Waals surface area (Å²) in [6.45, 7) is 0.580. The van der Waals surface area contributed by atoms with Crippen LogP contribution < -0.4 is 15.5 Å². The van der Waals surface area contributed by atoms with Crippen molar-refractivity contribution in [1.29, 1.82) is 0 Å². The van der Waals surface area contributed by atoms with Gasteiger partial charge in [0.15, 0.2) is 0 Å². The van der Waals surface area contributed by atoms with Crippen LogP contribution in [0.25, 0.3) is 11.1 Å². The van der Waals surface area contributed by atoms with Crippen LogP contribution in [0.1, 0.15) is 28.5 Å². The number of carbonyl (C=O) groups is 2. The van der Waals surface area contributed by atoms with Crippen LogP contribution in [0, 0.1) is 0 Å². The molecule has 0 spiro atoms. The lowest BCUT2D eigenvalue weighted by molar-refractivity contribution is -0.137. The van der Waals surface area contributed by atoms with E-state index in [9.17, 15) is 31.5 Å². The van der Waals surface area contributed by atoms with Gasteiger partial charge in [-0.15, -0.1) is 0 Å². The summed E-state index contributed by atoms with van der Waals surface area (Å²) in [5, 5.41) is 3.69. The maximum Gasteiger partial charge on any atom is 0.417 e. The van der Waals surface area contributed by atoms with Crippen molar-refractivity contribution in [2.24, 2.45) is 0 Å². The Labute approximate surface area is 229 Å². The van der Waals surface area contributed by atoms with E-state index in [2.05, 4.69) is 20.7 Å². The molecule has 0 bridgehead atoms. The lowest BCUT2D eigenvalue weighted by atomic mass is 10.1. The minimum Gasteiger partial charge on any atom is -0.485 e. The molecule has 0 unspecified atom stereocenters. The third-order valence-electron chi connectivity index (χ3n) is 5.04. The molecule has 0 radical (unpaired) electrons. The van der Waals surface area contributed by atoms with Crippen molar-refractivity contribution < 1.29 is 36.3 Å². The van der Waals surface area contributed by atoms with E-state index in [0.29, 0.717) is 29.1 Å². The van der Waals surface area contributed by atoms with Crippen LogP contribution in [-0.2, 0) is 12.7 Å². The zero-order chi connectivity index (χ0) is 28.7. The van der Waals surface area contributed by atoms with Crippen molar-refractivity contribution in [2.75, 3.05) is 13.2 Å². The Balaban J connectivity index is 1.66. The zero-order valence-corrected chi connectivity index (χ0v) is 21.5. The summed E-state index contributed by atoms with van der Waals surface area (Å²) in [5.41, 5.74) is 1.91. The molecule has 0 aliphatic heterocycles. The fourth-order valence-corrected chi connectivity index (χ4v) is 3.75. The highest BCUT2D eigenvalue weighted by molar-refractivity contribution is 6.36. The number of ether oxygens (including phenoxy) is 1. The summed E-state index contributed by atoms with van der Waals surface area (Å²) in [4.78, 5) is 32.6. The molecule has 0 saturated heterocycles. The summed E-state index contributed by atoms with van der Waals surface area (Å²) >= 11 is 12.2. The van der Waals surface area contributed by atoms with Gasteiger partial charge < -0.3 is 10.1 Å². The Morgan fingerprint density at radius 3 is 2.46 bits per heavy atom. The molecule has 2 aromatic heterocycles. The highest BCUT2D eigenvalue weighted by Gasteiger charge is 2.31. The number of hydrazine groups is 1. The van der Waals surface area contributed by atoms with Gasteiger partial charge in [-0.3, -0.25) is 20.2 Å². The van der Waals surface area contributed by atoms with Gasteiger partial charge in [0.25, 0.3) is 12.3 Å². The van der Waals surface area contributed by atoms with Crippen LogP contribution >= 0.6 is 23.2 Å². The summed E-state index contributed by atoms with van der Waals surface area (Å²) in [6.07, 6.45) is -4.48. The second-order valence-electron chi connectivity index (χ2n) is 7.81. The fraction of sp³-hybridized carbons (Fsp3) is 0.250. The number of pyridine rings is 2. The number of hydrogen-bond donors (Lipinski definition) is 2. The molecule has 208 valence electrons. The first-order valence-electron chi connectivity index (χ1n) is 11.1. The molecule has 0 atom stereocenters. The van der Waals surface area contributed by atoms with Gasteiger partial charge in [0.2, 0.25) is 0 Å². The van der Waals surface area contributed by atoms with Crippen LogP contribution in [0.3, 0.4) is 0 Å². The Morgan fingerprint density at radius 1 is 1.10 bits per heavy atom. The van der Waals surface area contributed by atoms with E-state index in [1.165, 1.54) is 18.3 Å². The molecule has 15 heteroatoms. The molecule has 1 aromatic carbocycles. The third-order valence-corrected chi connectivity index (χ3v) is 5.54. The number of aromatic nitrogens is 2. The van der Waals surface area contributed by atoms with Gasteiger partial charge in [-0.05, 0) is 31.2 Å². The molecular formula is C24H20Cl2F5N5O3. The second-order valence-corrected chi connectivity index (χ2v) is 8.65. The number of alkyl halides is 5. The van der Waals surface area contributed by atoms with Crippen molar-refractivity contribution in [3.05, 3.63) is 75.8 Å². The average Bonchev–Trinajstić information content (AvgIpc) is 2.89. The number of urea groups is 1. The van der Waals surface area contributed by atoms with Gasteiger partial charge in [-0.2, -0.15) is 13.2 Å². The van der Waals surface area contributed by atoms with E-state index in [0.717, 1.165) is 11.2 Å². The molecule has 0 fully saturated rings. The van der Waals surface area contributed by atoms with Crippen LogP contribution in [0.2, 0.25) is 10.0 Å². The Bertz CT molecular complexity index is 1330. The van der Waals surface area contributed by atoms with Crippen LogP contribution in [0.15, 0.2) is 48.9 Å². The first-order chi connectivity index (χ1) is 18.4. The number of nitrogens with one attached hydrogen (secondary N) is 2. The SMILES string of the molecule is CCN(NC(=O)c1cncc(C(F)(F)F)c1)C(=O)NCc1ccc(-c2cc(Cl)cc(Cl)c2OCC(F)F)cn1. The maximum atomic E-state index is 12.9. The van der Waals surface area contributed by atoms with Gasteiger partial charge in [-0.1, -0.05) is 29.3 Å². The van der Waals surface area contributed by atoms with Crippen molar-refractivity contribution in [3.63, 3.8) is 0 Å². The molecule has 0 aliphatic carbocycles. The monoisotopic (exact) mass is 591 g/mol. The van der Waals surface area contributed by atoms with E-state index in [1.807, 2.05) is 0 Å². The predicted molar refractivity (Wildman–Crippen MR) is 133 cm³/mol. The Morgan fingerprint density at radius 2 is 1.85 bits per heavy atom. The summed E-state index contributed by atoms with van der Waals surface area (Å²) in [6, 6.07) is 5.84. The van der Waals surface area contributed by atoms with Crippen molar-refractivity contribution >= 4 is 35.1 Å². The number of carbonyl (C=O) groups excluding carboxylic acids is 2. The molecule has 0 saturated carbocycles. The summed E-state index contributed by atoms with van der Waals surface area (Å²) < 4.78 is 69.1. The summed E-state index contributed by atoms with van der Waals surface area (Å²) in [7, 11) is 0. The second kappa shape index (κ2) is 12.9. The molecule has 39 heavy (non-hydrogen) atoms. The van der Waals surface area contributed by atoms with Crippen LogP contribution in [0.4, 0.5) is 26.7 Å². The average molecular weight is 592 g/mol. The molecule has 2 N–H and O–H groups in total. The third kappa shape index (κ3) is 8.14. The Kier molecular flexibility index (Phi) is 9.86. The van der Waals surface area contributed by atoms with Crippen molar-refractivity contribution in [2.45, 2.75) is 26.1 Å². The molecular weight excluding hydrogens is 572 g/mol. The lowest BCUT2D eigenvalue weighted by Gasteiger charge is -2.22. The minimum atomic E-state index is -4.69. The van der Waals surface area contributed by atoms with E-state index < -0.39 is 36.7 Å². The fourth-order valence-electron chi connectivity index (χ4n) is 3.20. The first kappa shape index (κ1) is 29.8. The number of nitrogens with zero attached hydrogens (tertiary/aromatic N) is 3. The van der Waals surface area contributed by atoms with Crippen LogP contribution in [-0.4, -0.2) is 46.5 Å². The maximum absolute atomic E-state index is 12.9. The standard InChI is InChI=1S/C24H20Cl2F5N5O3/c1-2-36(35-22(37)14-5-15(10-32-8-14)24(29,30)31)23(38)34-11-17-4-3-13(9-33-17)18-6-16(25)7-19(26)21(18)39-12-20(27)28/h3-10,20H,2,11-12H2,1H3,(H,34,38)(H,35,37). The minimum absolute atomic E-state index is 0.00670. The smallest absolute Gasteiger partial charge is 0.417 e. The molecule has 3 amide bonds. The molecule has 8 nitrogen and oxygen atoms in total. The number of rotatable bonds is 8. The van der Waals surface area contributed by atoms with E-state index in [1.54, 1.807) is 19.1 Å². The summed E-state index contributed by atoms with van der Waals surface area (Å²) in [5.74, 6) is -0.951. The zero-order valence-electron chi connectivity index (χ0n) is 20.0. The first-order valence-corrected chi connectivity index (χ1v) is 11.9. The Hall–Kier alpha value is -3.71. The van der Waals surface area contributed by atoms with E-state index >= 15 is 0 Å². The van der Waals surface area contributed by atoms with E-state index in [4.69, 9.17) is 27.9 Å². The van der Waals surface area contributed by atoms with Crippen molar-refractivity contribution in [3.8, 4) is 16.9 Å². The van der Waals surface area contributed by atoms with E-state index in [-0.39, 0.29) is 34.4 Å². The van der Waals surface area contributed by atoms with Gasteiger partial charge in [0.05, 0.1) is 28.4 Å². The van der Waals surface area contributed by atoms with Crippen molar-refractivity contribution in [1.82, 2.24) is 25.7 Å². The normalized spacial score (nSPS) is 11.3. The lowest BCUT2D eigenvalue weighted by Crippen LogP contribution is -2.50. The highest BCUT2D eigenvalue weighted by atomic mass is 35.5. The molecule has 3 aromatic rings. The largest absolute Gasteiger partial charge is 0.485 e. The quantitative estimate of drug-likeness (QED) is 0.248. The van der Waals surface area contributed by atoms with Gasteiger partial charge in [-0.25, -0.2) is 18.6 Å². The van der Waals surface area contributed by atoms with Gasteiger partial charge in [0, 0.05) is 41.3 Å². The number of amides is 3. The number of hydrogen-bond acceptors (Lipinski definition) is 5. The van der Waals surface area contributed by atoms with Gasteiger partial charge >= 0.3 is 12.2 Å². The number of halogens is 7. The topological polar surface area (TPSA) is 96.5 Å². The predicted octanol–water partition coefficient (Wildman–Crippen LogP) is 5.99. The van der Waals surface area contributed by atoms with Crippen LogP contribution in [0.5, 0.6) is 5.75 Å². The molecule has 2 heterocycles.